The van der Waals surface area contributed by atoms with Gasteiger partial charge in [-0.05, 0) is 31.9 Å². The fraction of sp³-hybridized carbons (Fsp3) is 0.333. The maximum Gasteiger partial charge on any atom is 0.154 e. The summed E-state index contributed by atoms with van der Waals surface area (Å²) in [6, 6.07) is 3.86. The Balaban J connectivity index is 2.91. The van der Waals surface area contributed by atoms with Crippen LogP contribution in [0.5, 0.6) is 5.75 Å². The van der Waals surface area contributed by atoms with Gasteiger partial charge in [-0.2, -0.15) is 0 Å². The van der Waals surface area contributed by atoms with Crippen molar-refractivity contribution in [1.29, 1.82) is 0 Å². The first-order valence-corrected chi connectivity index (χ1v) is 5.18. The molecule has 0 saturated carbocycles. The first kappa shape index (κ1) is 11.2. The second kappa shape index (κ2) is 4.54. The van der Waals surface area contributed by atoms with E-state index in [9.17, 15) is 8.76 Å². The predicted octanol–water partition coefficient (Wildman–Crippen LogP) is 1.29. The normalized spacial score (nSPS) is 12.6. The molecular formula is C9H12NO3S-. The fourth-order valence-corrected chi connectivity index (χ4v) is 1.55. The van der Waals surface area contributed by atoms with Crippen molar-refractivity contribution in [2.24, 2.45) is 0 Å². The van der Waals surface area contributed by atoms with E-state index >= 15 is 0 Å². The number of hydrogen-bond acceptors (Lipinski definition) is 3. The number of hydrogen-bond donors (Lipinski definition) is 1. The smallest absolute Gasteiger partial charge is 0.154 e. The lowest BCUT2D eigenvalue weighted by atomic mass is 10.1. The summed E-state index contributed by atoms with van der Waals surface area (Å²) in [5, 5.41) is 0. The van der Waals surface area contributed by atoms with E-state index in [2.05, 4.69) is 0 Å². The molecule has 14 heavy (non-hydrogen) atoms. The third kappa shape index (κ3) is 2.80. The third-order valence-corrected chi connectivity index (χ3v) is 2.04. The highest BCUT2D eigenvalue weighted by molar-refractivity contribution is 7.76. The van der Waals surface area contributed by atoms with Crippen LogP contribution in [0.25, 0.3) is 0 Å². The average molecular weight is 214 g/mol. The van der Waals surface area contributed by atoms with Crippen molar-refractivity contribution in [2.75, 3.05) is 0 Å². The monoisotopic (exact) mass is 214 g/mol. The lowest BCUT2D eigenvalue weighted by Crippen LogP contribution is -2.21. The molecule has 0 aliphatic rings. The van der Waals surface area contributed by atoms with E-state index in [-0.39, 0.29) is 0 Å². The predicted molar refractivity (Wildman–Crippen MR) is 53.3 cm³/mol. The summed E-state index contributed by atoms with van der Waals surface area (Å²) < 4.78 is 20.5. The van der Waals surface area contributed by atoms with E-state index < -0.39 is 11.3 Å². The molecule has 1 unspecified atom stereocenters. The molecule has 0 bridgehead atoms. The summed E-state index contributed by atoms with van der Waals surface area (Å²) in [4.78, 5) is 6.80. The highest BCUT2D eigenvalue weighted by Crippen LogP contribution is 2.23. The van der Waals surface area contributed by atoms with Crippen LogP contribution in [0.15, 0.2) is 12.1 Å². The zero-order valence-corrected chi connectivity index (χ0v) is 9.10. The molecule has 0 amide bonds. The van der Waals surface area contributed by atoms with Gasteiger partial charge in [-0.15, -0.1) is 0 Å². The summed E-state index contributed by atoms with van der Waals surface area (Å²) in [6.07, 6.45) is 0. The van der Waals surface area contributed by atoms with Gasteiger partial charge in [0.2, 0.25) is 0 Å². The lowest BCUT2D eigenvalue weighted by Gasteiger charge is -2.13. The molecule has 78 valence electrons. The van der Waals surface area contributed by atoms with Crippen LogP contribution in [-0.2, 0) is 11.3 Å². The van der Waals surface area contributed by atoms with Crippen molar-refractivity contribution < 1.29 is 13.6 Å². The second-order valence-corrected chi connectivity index (χ2v) is 3.78. The van der Waals surface area contributed by atoms with Crippen LogP contribution in [0.3, 0.4) is 0 Å². The summed E-state index contributed by atoms with van der Waals surface area (Å²) in [6.45, 7) is 5.71. The molecule has 0 heterocycles. The Morgan fingerprint density at radius 3 is 2.21 bits per heavy atom. The maximum atomic E-state index is 10.2. The Kier molecular flexibility index (Phi) is 3.62. The standard InChI is InChI=1S/C9H13NO3S/c1-6-4-7(2)9(8(3)5-6)13-10-14(11)12/h4-5,10H,1-3H3,(H,11,12)/p-1. The van der Waals surface area contributed by atoms with E-state index in [1.54, 1.807) is 0 Å². The van der Waals surface area contributed by atoms with Crippen molar-refractivity contribution >= 4 is 11.3 Å². The van der Waals surface area contributed by atoms with Crippen molar-refractivity contribution in [3.63, 3.8) is 0 Å². The minimum atomic E-state index is -2.41. The minimum Gasteiger partial charge on any atom is -0.758 e. The Labute approximate surface area is 85.7 Å². The molecule has 0 fully saturated rings. The molecule has 1 aromatic carbocycles. The summed E-state index contributed by atoms with van der Waals surface area (Å²) in [5.74, 6) is 0.555. The highest BCUT2D eigenvalue weighted by atomic mass is 32.2. The number of aryl methyl sites for hydroxylation is 3. The van der Waals surface area contributed by atoms with Crippen LogP contribution in [0.1, 0.15) is 16.7 Å². The van der Waals surface area contributed by atoms with Crippen molar-refractivity contribution in [3.05, 3.63) is 28.8 Å². The van der Waals surface area contributed by atoms with Crippen molar-refractivity contribution in [2.45, 2.75) is 20.8 Å². The molecule has 0 radical (unpaired) electrons. The molecule has 1 N–H and O–H groups in total. The van der Waals surface area contributed by atoms with Crippen LogP contribution in [0, 0.1) is 20.8 Å². The van der Waals surface area contributed by atoms with Gasteiger partial charge >= 0.3 is 0 Å². The van der Waals surface area contributed by atoms with Crippen LogP contribution >= 0.6 is 0 Å². The summed E-state index contributed by atoms with van der Waals surface area (Å²) >= 11 is -2.41. The zero-order chi connectivity index (χ0) is 10.7. The molecule has 0 spiro atoms. The number of benzene rings is 1. The van der Waals surface area contributed by atoms with Crippen molar-refractivity contribution in [3.8, 4) is 5.75 Å². The fourth-order valence-electron chi connectivity index (χ4n) is 1.40. The zero-order valence-electron chi connectivity index (χ0n) is 8.29. The van der Waals surface area contributed by atoms with Gasteiger partial charge in [-0.1, -0.05) is 22.6 Å². The first-order chi connectivity index (χ1) is 6.50. The topological polar surface area (TPSA) is 61.4 Å². The molecular weight excluding hydrogens is 202 g/mol. The molecule has 1 aromatic rings. The Morgan fingerprint density at radius 2 is 1.79 bits per heavy atom. The van der Waals surface area contributed by atoms with Crippen LogP contribution < -0.4 is 9.72 Å². The molecule has 1 atom stereocenters. The number of rotatable bonds is 3. The SMILES string of the molecule is Cc1cc(C)c(ONS(=O)[O-])c(C)c1. The Bertz CT molecular complexity index is 342. The van der Waals surface area contributed by atoms with Crippen molar-refractivity contribution in [1.82, 2.24) is 4.89 Å². The third-order valence-electron chi connectivity index (χ3n) is 1.82. The van der Waals surface area contributed by atoms with Crippen LogP contribution in [-0.4, -0.2) is 8.76 Å². The van der Waals surface area contributed by atoms with Gasteiger partial charge in [-0.3, -0.25) is 4.21 Å². The first-order valence-electron chi connectivity index (χ1n) is 4.10. The van der Waals surface area contributed by atoms with Crippen LogP contribution in [0.4, 0.5) is 0 Å². The second-order valence-electron chi connectivity index (χ2n) is 3.15. The molecule has 5 heteroatoms. The van der Waals surface area contributed by atoms with E-state index in [4.69, 9.17) is 4.84 Å². The minimum absolute atomic E-state index is 0.555. The van der Waals surface area contributed by atoms with Gasteiger partial charge in [-0.25, -0.2) is 0 Å². The quantitative estimate of drug-likeness (QED) is 0.609. The summed E-state index contributed by atoms with van der Waals surface area (Å²) in [5.41, 5.74) is 2.93. The van der Waals surface area contributed by atoms with Crippen LogP contribution in [0.2, 0.25) is 0 Å². The van der Waals surface area contributed by atoms with Gasteiger partial charge in [0.15, 0.2) is 5.75 Å². The molecule has 0 aliphatic heterocycles. The van der Waals surface area contributed by atoms with E-state index in [0.29, 0.717) is 5.75 Å². The van der Waals surface area contributed by atoms with Gasteiger partial charge in [0.05, 0.1) is 11.3 Å². The number of nitrogens with one attached hydrogen (secondary N) is 1. The summed E-state index contributed by atoms with van der Waals surface area (Å²) in [7, 11) is 0. The Morgan fingerprint density at radius 1 is 1.29 bits per heavy atom. The van der Waals surface area contributed by atoms with Gasteiger partial charge < -0.3 is 9.39 Å². The molecule has 1 rings (SSSR count). The van der Waals surface area contributed by atoms with E-state index in [1.807, 2.05) is 37.8 Å². The Hall–Kier alpha value is -0.910. The van der Waals surface area contributed by atoms with E-state index in [1.165, 1.54) is 0 Å². The van der Waals surface area contributed by atoms with E-state index in [0.717, 1.165) is 16.7 Å². The van der Waals surface area contributed by atoms with Gasteiger partial charge in [0, 0.05) is 0 Å². The molecule has 4 nitrogen and oxygen atoms in total. The highest BCUT2D eigenvalue weighted by Gasteiger charge is 2.04. The average Bonchev–Trinajstić information content (AvgIpc) is 2.01. The largest absolute Gasteiger partial charge is 0.758 e. The lowest BCUT2D eigenvalue weighted by molar-refractivity contribution is 0.260. The molecule has 0 aliphatic carbocycles. The maximum absolute atomic E-state index is 10.2. The van der Waals surface area contributed by atoms with Gasteiger partial charge in [0.25, 0.3) is 0 Å². The molecule has 0 saturated heterocycles. The molecule has 0 aromatic heterocycles. The van der Waals surface area contributed by atoms with Gasteiger partial charge in [0.1, 0.15) is 0 Å².